The highest BCUT2D eigenvalue weighted by atomic mass is 16.5. The summed E-state index contributed by atoms with van der Waals surface area (Å²) in [4.78, 5) is 11.4. The Morgan fingerprint density at radius 3 is 2.56 bits per heavy atom. The first-order valence-electron chi connectivity index (χ1n) is 6.28. The van der Waals surface area contributed by atoms with Crippen molar-refractivity contribution in [1.29, 1.82) is 0 Å². The molecule has 0 spiro atoms. The molecule has 0 saturated carbocycles. The molecule has 0 aromatic heterocycles. The zero-order valence-corrected chi connectivity index (χ0v) is 10.2. The van der Waals surface area contributed by atoms with Gasteiger partial charge in [-0.2, -0.15) is 0 Å². The third-order valence-electron chi connectivity index (χ3n) is 2.67. The fourth-order valence-electron chi connectivity index (χ4n) is 1.74. The van der Waals surface area contributed by atoms with Gasteiger partial charge < -0.3 is 4.74 Å². The summed E-state index contributed by atoms with van der Waals surface area (Å²) in [7, 11) is 0. The van der Waals surface area contributed by atoms with Crippen molar-refractivity contribution in [2.45, 2.75) is 58.0 Å². The van der Waals surface area contributed by atoms with Crippen molar-refractivity contribution < 1.29 is 9.53 Å². The summed E-state index contributed by atoms with van der Waals surface area (Å²) in [6.45, 7) is 1.98. The van der Waals surface area contributed by atoms with Gasteiger partial charge in [0.15, 0.2) is 0 Å². The van der Waals surface area contributed by atoms with Gasteiger partial charge in [-0.15, -0.1) is 0 Å². The molecule has 0 bridgehead atoms. The summed E-state index contributed by atoms with van der Waals surface area (Å²) >= 11 is 0. The van der Waals surface area contributed by atoms with Gasteiger partial charge in [-0.3, -0.25) is 4.79 Å². The van der Waals surface area contributed by atoms with Crippen molar-refractivity contribution in [3.05, 3.63) is 24.3 Å². The Bertz CT molecular complexity index is 253. The molecule has 1 aliphatic rings. The second kappa shape index (κ2) is 8.14. The first kappa shape index (κ1) is 13.0. The number of allylic oxidation sites excluding steroid dienone is 4. The third kappa shape index (κ3) is 6.44. The van der Waals surface area contributed by atoms with Crippen LogP contribution in [-0.4, -0.2) is 12.1 Å². The van der Waals surface area contributed by atoms with Gasteiger partial charge in [0.05, 0.1) is 6.10 Å². The Balaban J connectivity index is 2.38. The molecule has 16 heavy (non-hydrogen) atoms. The van der Waals surface area contributed by atoms with Gasteiger partial charge in [0.2, 0.25) is 0 Å². The lowest BCUT2D eigenvalue weighted by atomic mass is 10.1. The maximum Gasteiger partial charge on any atom is 0.306 e. The maximum absolute atomic E-state index is 11.4. The van der Waals surface area contributed by atoms with Crippen molar-refractivity contribution in [2.75, 3.05) is 0 Å². The Hall–Kier alpha value is -1.05. The lowest BCUT2D eigenvalue weighted by molar-refractivity contribution is -0.148. The Morgan fingerprint density at radius 1 is 1.12 bits per heavy atom. The lowest BCUT2D eigenvalue weighted by Crippen LogP contribution is -2.14. The van der Waals surface area contributed by atoms with E-state index in [1.807, 2.05) is 6.92 Å². The summed E-state index contributed by atoms with van der Waals surface area (Å²) in [6.07, 6.45) is 15.4. The summed E-state index contributed by atoms with van der Waals surface area (Å²) in [5.74, 6) is -0.0477. The molecule has 0 N–H and O–H groups in total. The van der Waals surface area contributed by atoms with Gasteiger partial charge in [0, 0.05) is 6.42 Å². The SMILES string of the molecule is CC1CCC/C=C\C/C=C\CCCC(=O)O1. The summed E-state index contributed by atoms with van der Waals surface area (Å²) in [5, 5.41) is 0. The Morgan fingerprint density at radius 2 is 1.81 bits per heavy atom. The molecule has 1 unspecified atom stereocenters. The van der Waals surface area contributed by atoms with E-state index in [0.29, 0.717) is 6.42 Å². The summed E-state index contributed by atoms with van der Waals surface area (Å²) in [6, 6.07) is 0. The average Bonchev–Trinajstić information content (AvgIpc) is 2.25. The van der Waals surface area contributed by atoms with Crippen molar-refractivity contribution >= 4 is 5.97 Å². The molecule has 2 nitrogen and oxygen atoms in total. The average molecular weight is 222 g/mol. The highest BCUT2D eigenvalue weighted by Crippen LogP contribution is 2.09. The van der Waals surface area contributed by atoms with E-state index in [-0.39, 0.29) is 12.1 Å². The second-order valence-corrected chi connectivity index (χ2v) is 4.30. The van der Waals surface area contributed by atoms with Crippen LogP contribution in [0.15, 0.2) is 24.3 Å². The monoisotopic (exact) mass is 222 g/mol. The quantitative estimate of drug-likeness (QED) is 0.460. The van der Waals surface area contributed by atoms with Gasteiger partial charge in [-0.25, -0.2) is 0 Å². The zero-order valence-electron chi connectivity index (χ0n) is 10.2. The van der Waals surface area contributed by atoms with Crippen LogP contribution in [0.4, 0.5) is 0 Å². The maximum atomic E-state index is 11.4. The molecule has 0 aliphatic carbocycles. The van der Waals surface area contributed by atoms with Crippen LogP contribution in [0.1, 0.15) is 51.9 Å². The molecule has 1 aliphatic heterocycles. The van der Waals surface area contributed by atoms with E-state index in [4.69, 9.17) is 4.74 Å². The highest BCUT2D eigenvalue weighted by molar-refractivity contribution is 5.69. The third-order valence-corrected chi connectivity index (χ3v) is 2.67. The smallest absolute Gasteiger partial charge is 0.306 e. The van der Waals surface area contributed by atoms with Crippen LogP contribution in [0.3, 0.4) is 0 Å². The molecule has 2 heteroatoms. The summed E-state index contributed by atoms with van der Waals surface area (Å²) in [5.41, 5.74) is 0. The minimum atomic E-state index is -0.0477. The second-order valence-electron chi connectivity index (χ2n) is 4.30. The molecular weight excluding hydrogens is 200 g/mol. The number of hydrogen-bond acceptors (Lipinski definition) is 2. The fourth-order valence-corrected chi connectivity index (χ4v) is 1.74. The van der Waals surface area contributed by atoms with E-state index in [0.717, 1.165) is 38.5 Å². The normalized spacial score (nSPS) is 28.8. The van der Waals surface area contributed by atoms with Gasteiger partial charge >= 0.3 is 5.97 Å². The number of cyclic esters (lactones) is 1. The highest BCUT2D eigenvalue weighted by Gasteiger charge is 2.08. The van der Waals surface area contributed by atoms with Crippen LogP contribution in [0, 0.1) is 0 Å². The molecule has 0 aromatic rings. The molecule has 0 radical (unpaired) electrons. The Kier molecular flexibility index (Phi) is 6.62. The minimum absolute atomic E-state index is 0.0477. The van der Waals surface area contributed by atoms with E-state index in [1.165, 1.54) is 0 Å². The number of carbonyl (C=O) groups is 1. The van der Waals surface area contributed by atoms with Crippen LogP contribution in [-0.2, 0) is 9.53 Å². The van der Waals surface area contributed by atoms with Crippen LogP contribution in [0.2, 0.25) is 0 Å². The molecular formula is C14H22O2. The first-order chi connectivity index (χ1) is 7.79. The van der Waals surface area contributed by atoms with E-state index in [9.17, 15) is 4.79 Å². The standard InChI is InChI=1S/C14H22O2/c1-13-11-9-7-5-3-2-4-6-8-10-12-14(15)16-13/h3-6,13H,2,7-12H2,1H3/b5-3-,6-4-. The topological polar surface area (TPSA) is 26.3 Å². The number of esters is 1. The molecule has 1 heterocycles. The van der Waals surface area contributed by atoms with Crippen LogP contribution < -0.4 is 0 Å². The fraction of sp³-hybridized carbons (Fsp3) is 0.643. The van der Waals surface area contributed by atoms with Crippen molar-refractivity contribution in [2.24, 2.45) is 0 Å². The minimum Gasteiger partial charge on any atom is -0.463 e. The van der Waals surface area contributed by atoms with Crippen LogP contribution in [0.5, 0.6) is 0 Å². The summed E-state index contributed by atoms with van der Waals surface area (Å²) < 4.78 is 5.31. The zero-order chi connectivity index (χ0) is 11.6. The van der Waals surface area contributed by atoms with Crippen molar-refractivity contribution in [3.63, 3.8) is 0 Å². The van der Waals surface area contributed by atoms with E-state index >= 15 is 0 Å². The van der Waals surface area contributed by atoms with Crippen molar-refractivity contribution in [1.82, 2.24) is 0 Å². The van der Waals surface area contributed by atoms with Gasteiger partial charge in [0.25, 0.3) is 0 Å². The van der Waals surface area contributed by atoms with Gasteiger partial charge in [0.1, 0.15) is 0 Å². The molecule has 1 atom stereocenters. The van der Waals surface area contributed by atoms with E-state index in [2.05, 4.69) is 24.3 Å². The van der Waals surface area contributed by atoms with E-state index in [1.54, 1.807) is 0 Å². The number of carbonyl (C=O) groups excluding carboxylic acids is 1. The Labute approximate surface area is 98.4 Å². The number of ether oxygens (including phenoxy) is 1. The predicted molar refractivity (Wildman–Crippen MR) is 66.2 cm³/mol. The molecule has 1 rings (SSSR count). The molecule has 0 fully saturated rings. The first-order valence-corrected chi connectivity index (χ1v) is 6.28. The number of rotatable bonds is 0. The number of hydrogen-bond donors (Lipinski definition) is 0. The largest absolute Gasteiger partial charge is 0.463 e. The molecule has 0 amide bonds. The molecule has 0 saturated heterocycles. The molecule has 90 valence electrons. The predicted octanol–water partition coefficient (Wildman–Crippen LogP) is 3.77. The molecule has 0 aromatic carbocycles. The van der Waals surface area contributed by atoms with E-state index < -0.39 is 0 Å². The van der Waals surface area contributed by atoms with Crippen molar-refractivity contribution in [3.8, 4) is 0 Å². The lowest BCUT2D eigenvalue weighted by Gasteiger charge is -2.12. The van der Waals surface area contributed by atoms with Gasteiger partial charge in [-0.05, 0) is 45.4 Å². The van der Waals surface area contributed by atoms with Crippen LogP contribution in [0.25, 0.3) is 0 Å². The van der Waals surface area contributed by atoms with Gasteiger partial charge in [-0.1, -0.05) is 24.3 Å². The van der Waals surface area contributed by atoms with Crippen LogP contribution >= 0.6 is 0 Å².